The molecule has 0 aliphatic carbocycles. The Morgan fingerprint density at radius 1 is 1.04 bits per heavy atom. The molecule has 0 radical (unpaired) electrons. The van der Waals surface area contributed by atoms with Gasteiger partial charge in [0.15, 0.2) is 0 Å². The van der Waals surface area contributed by atoms with Crippen molar-refractivity contribution >= 4 is 38.6 Å². The summed E-state index contributed by atoms with van der Waals surface area (Å²) in [5, 5.41) is 9.37. The van der Waals surface area contributed by atoms with Gasteiger partial charge < -0.3 is 5.11 Å². The van der Waals surface area contributed by atoms with Gasteiger partial charge in [-0.2, -0.15) is 26.3 Å². The first-order valence-corrected chi connectivity index (χ1v) is 9.88. The van der Waals surface area contributed by atoms with Crippen molar-refractivity contribution in [3.05, 3.63) is 45.1 Å². The molecule has 1 aromatic heterocycles. The lowest BCUT2D eigenvalue weighted by Gasteiger charge is -2.33. The molecule has 0 amide bonds. The van der Waals surface area contributed by atoms with E-state index >= 15 is 0 Å². The summed E-state index contributed by atoms with van der Waals surface area (Å²) >= 11 is 6.77. The molecule has 0 atom stereocenters. The fourth-order valence-electron chi connectivity index (χ4n) is 2.37. The molecule has 4 nitrogen and oxygen atoms in total. The Balaban J connectivity index is 2.48. The van der Waals surface area contributed by atoms with Gasteiger partial charge in [0, 0.05) is 17.5 Å². The molecule has 1 heterocycles. The number of benzene rings is 1. The molecule has 0 saturated carbocycles. The van der Waals surface area contributed by atoms with Crippen molar-refractivity contribution in [2.75, 3.05) is 11.4 Å². The largest absolute Gasteiger partial charge is 0.430 e. The molecule has 0 aliphatic rings. The standard InChI is InChI=1S/C15H12ClF6NO3S2/c1-8-11(7-12(16)27-8)28(25,26)23(2)10-5-3-9(4-6-10)13(24,14(17,18)19)15(20,21)22/h3-7,24H,1-2H3. The summed E-state index contributed by atoms with van der Waals surface area (Å²) in [6, 6.07) is 3.40. The quantitative estimate of drug-likeness (QED) is 0.654. The average Bonchev–Trinajstić information content (AvgIpc) is 2.90. The van der Waals surface area contributed by atoms with Gasteiger partial charge in [0.25, 0.3) is 15.6 Å². The van der Waals surface area contributed by atoms with Crippen LogP contribution in [-0.2, 0) is 15.6 Å². The van der Waals surface area contributed by atoms with Crippen LogP contribution in [0.25, 0.3) is 0 Å². The maximum absolute atomic E-state index is 12.9. The summed E-state index contributed by atoms with van der Waals surface area (Å²) in [5.74, 6) is 0. The molecule has 0 unspecified atom stereocenters. The number of aryl methyl sites for hydroxylation is 1. The highest BCUT2D eigenvalue weighted by Crippen LogP contribution is 2.50. The molecule has 1 N–H and O–H groups in total. The first-order chi connectivity index (χ1) is 12.5. The molecular weight excluding hydrogens is 456 g/mol. The van der Waals surface area contributed by atoms with Crippen LogP contribution in [0.3, 0.4) is 0 Å². The predicted molar refractivity (Wildman–Crippen MR) is 92.1 cm³/mol. The highest BCUT2D eigenvalue weighted by molar-refractivity contribution is 7.93. The Morgan fingerprint density at radius 3 is 1.86 bits per heavy atom. The molecule has 1 aromatic carbocycles. The van der Waals surface area contributed by atoms with E-state index in [0.29, 0.717) is 21.3 Å². The average molecular weight is 468 g/mol. The minimum absolute atomic E-state index is 0.142. The summed E-state index contributed by atoms with van der Waals surface area (Å²) in [6.45, 7) is 1.49. The normalized spacial score (nSPS) is 13.6. The second kappa shape index (κ2) is 7.08. The van der Waals surface area contributed by atoms with Gasteiger partial charge in [-0.15, -0.1) is 11.3 Å². The van der Waals surface area contributed by atoms with Gasteiger partial charge in [-0.1, -0.05) is 23.7 Å². The van der Waals surface area contributed by atoms with Crippen LogP contribution in [-0.4, -0.2) is 32.9 Å². The zero-order valence-electron chi connectivity index (χ0n) is 14.1. The molecule has 0 spiro atoms. The summed E-state index contributed by atoms with van der Waals surface area (Å²) in [7, 11) is -3.08. The van der Waals surface area contributed by atoms with Gasteiger partial charge in [-0.25, -0.2) is 8.42 Å². The van der Waals surface area contributed by atoms with Crippen molar-refractivity contribution in [1.29, 1.82) is 0 Å². The van der Waals surface area contributed by atoms with Gasteiger partial charge >= 0.3 is 12.4 Å². The number of sulfonamides is 1. The number of rotatable bonds is 4. The lowest BCUT2D eigenvalue weighted by molar-refractivity contribution is -0.376. The topological polar surface area (TPSA) is 57.6 Å². The van der Waals surface area contributed by atoms with Crippen LogP contribution in [0.1, 0.15) is 10.4 Å². The number of halogens is 7. The monoisotopic (exact) mass is 467 g/mol. The summed E-state index contributed by atoms with van der Waals surface area (Å²) < 4.78 is 104. The third-order valence-electron chi connectivity index (χ3n) is 3.95. The molecule has 2 rings (SSSR count). The Kier molecular flexibility index (Phi) is 5.76. The van der Waals surface area contributed by atoms with Crippen molar-refractivity contribution in [1.82, 2.24) is 0 Å². The number of aliphatic hydroxyl groups is 1. The van der Waals surface area contributed by atoms with Gasteiger partial charge in [-0.3, -0.25) is 4.31 Å². The van der Waals surface area contributed by atoms with E-state index in [2.05, 4.69) is 0 Å². The van der Waals surface area contributed by atoms with Crippen LogP contribution >= 0.6 is 22.9 Å². The van der Waals surface area contributed by atoms with Gasteiger partial charge in [-0.05, 0) is 25.1 Å². The second-order valence-corrected chi connectivity index (χ2v) is 9.52. The zero-order valence-corrected chi connectivity index (χ0v) is 16.4. The number of hydrogen-bond donors (Lipinski definition) is 1. The molecule has 13 heteroatoms. The van der Waals surface area contributed by atoms with Crippen molar-refractivity contribution in [3.8, 4) is 0 Å². The third-order valence-corrected chi connectivity index (χ3v) is 7.17. The smallest absolute Gasteiger partial charge is 0.369 e. The zero-order chi connectivity index (χ0) is 21.7. The fourth-order valence-corrected chi connectivity index (χ4v) is 5.36. The maximum Gasteiger partial charge on any atom is 0.430 e. The van der Waals surface area contributed by atoms with Crippen molar-refractivity contribution in [2.24, 2.45) is 0 Å². The Morgan fingerprint density at radius 2 is 1.50 bits per heavy atom. The first-order valence-electron chi connectivity index (χ1n) is 7.24. The van der Waals surface area contributed by atoms with Crippen LogP contribution in [0.2, 0.25) is 4.34 Å². The van der Waals surface area contributed by atoms with E-state index in [1.807, 2.05) is 0 Å². The third kappa shape index (κ3) is 3.70. The summed E-state index contributed by atoms with van der Waals surface area (Å²) in [4.78, 5) is 0.216. The predicted octanol–water partition coefficient (Wildman–Crippen LogP) is 4.85. The first kappa shape index (κ1) is 22.8. The SMILES string of the molecule is Cc1sc(Cl)cc1S(=O)(=O)N(C)c1ccc(C(O)(C(F)(F)F)C(F)(F)F)cc1. The summed E-state index contributed by atoms with van der Waals surface area (Å²) in [6.07, 6.45) is -12.1. The fraction of sp³-hybridized carbons (Fsp3) is 0.333. The van der Waals surface area contributed by atoms with Crippen LogP contribution < -0.4 is 4.31 Å². The van der Waals surface area contributed by atoms with E-state index in [1.54, 1.807) is 0 Å². The minimum Gasteiger partial charge on any atom is -0.369 e. The summed E-state index contributed by atoms with van der Waals surface area (Å²) in [5.41, 5.74) is -6.79. The van der Waals surface area contributed by atoms with Crippen LogP contribution in [0, 0.1) is 6.92 Å². The molecule has 0 fully saturated rings. The molecule has 2 aromatic rings. The van der Waals surface area contributed by atoms with E-state index in [-0.39, 0.29) is 14.9 Å². The lowest BCUT2D eigenvalue weighted by Crippen LogP contribution is -2.53. The second-order valence-electron chi connectivity index (χ2n) is 5.70. The molecule has 156 valence electrons. The van der Waals surface area contributed by atoms with Crippen LogP contribution in [0.5, 0.6) is 0 Å². The molecule has 0 saturated heterocycles. The van der Waals surface area contributed by atoms with Crippen LogP contribution in [0.4, 0.5) is 32.0 Å². The number of thiophene rings is 1. The van der Waals surface area contributed by atoms with E-state index in [1.165, 1.54) is 13.0 Å². The van der Waals surface area contributed by atoms with Crippen LogP contribution in [0.15, 0.2) is 35.2 Å². The van der Waals surface area contributed by atoms with Gasteiger partial charge in [0.2, 0.25) is 0 Å². The minimum atomic E-state index is -6.03. The Hall–Kier alpha value is -1.50. The number of alkyl halides is 6. The number of anilines is 1. The highest BCUT2D eigenvalue weighted by Gasteiger charge is 2.71. The van der Waals surface area contributed by atoms with E-state index in [4.69, 9.17) is 11.6 Å². The molecular formula is C15H12ClF6NO3S2. The van der Waals surface area contributed by atoms with Gasteiger partial charge in [0.1, 0.15) is 4.90 Å². The molecule has 28 heavy (non-hydrogen) atoms. The van der Waals surface area contributed by atoms with Gasteiger partial charge in [0.05, 0.1) is 10.0 Å². The number of hydrogen-bond acceptors (Lipinski definition) is 4. The van der Waals surface area contributed by atoms with E-state index < -0.39 is 33.5 Å². The maximum atomic E-state index is 12.9. The van der Waals surface area contributed by atoms with Crippen molar-refractivity contribution in [3.63, 3.8) is 0 Å². The Labute approximate surface area is 165 Å². The Bertz CT molecular complexity index is 953. The van der Waals surface area contributed by atoms with Crippen molar-refractivity contribution < 1.29 is 39.9 Å². The molecule has 0 aliphatic heterocycles. The van der Waals surface area contributed by atoms with Crippen molar-refractivity contribution in [2.45, 2.75) is 29.8 Å². The lowest BCUT2D eigenvalue weighted by atomic mass is 9.92. The van der Waals surface area contributed by atoms with E-state index in [9.17, 15) is 39.9 Å². The highest BCUT2D eigenvalue weighted by atomic mass is 35.5. The number of nitrogens with zero attached hydrogens (tertiary/aromatic N) is 1. The van der Waals surface area contributed by atoms with E-state index in [0.717, 1.165) is 30.5 Å². The molecule has 0 bridgehead atoms.